The summed E-state index contributed by atoms with van der Waals surface area (Å²) in [6.07, 6.45) is 2.37. The second-order valence-electron chi connectivity index (χ2n) is 3.97. The highest BCUT2D eigenvalue weighted by molar-refractivity contribution is 6.31. The van der Waals surface area contributed by atoms with Crippen molar-refractivity contribution >= 4 is 11.6 Å². The lowest BCUT2D eigenvalue weighted by atomic mass is 9.95. The zero-order valence-electron chi connectivity index (χ0n) is 7.81. The molecule has 13 heavy (non-hydrogen) atoms. The average molecular weight is 196 g/mol. The van der Waals surface area contributed by atoms with Crippen molar-refractivity contribution in [2.75, 3.05) is 6.54 Å². The molecule has 1 nitrogen and oxygen atoms in total. The predicted molar refractivity (Wildman–Crippen MR) is 56.2 cm³/mol. The largest absolute Gasteiger partial charge is 0.330 e. The minimum atomic E-state index is 0.213. The zero-order valence-corrected chi connectivity index (χ0v) is 8.56. The van der Waals surface area contributed by atoms with Crippen molar-refractivity contribution in [1.82, 2.24) is 0 Å². The fourth-order valence-electron chi connectivity index (χ4n) is 1.78. The summed E-state index contributed by atoms with van der Waals surface area (Å²) in [5.41, 5.74) is 8.41. The summed E-state index contributed by atoms with van der Waals surface area (Å²) >= 11 is 6.18. The van der Waals surface area contributed by atoms with E-state index in [1.807, 2.05) is 6.07 Å². The van der Waals surface area contributed by atoms with Crippen LogP contribution in [0.25, 0.3) is 0 Å². The van der Waals surface area contributed by atoms with E-state index in [1.54, 1.807) is 0 Å². The molecular weight excluding hydrogens is 182 g/mol. The van der Waals surface area contributed by atoms with Crippen molar-refractivity contribution in [2.45, 2.75) is 25.2 Å². The van der Waals surface area contributed by atoms with E-state index in [1.165, 1.54) is 24.0 Å². The maximum absolute atomic E-state index is 6.18. The fourth-order valence-corrected chi connectivity index (χ4v) is 2.22. The summed E-state index contributed by atoms with van der Waals surface area (Å²) in [4.78, 5) is 0. The molecule has 1 saturated carbocycles. The Morgan fingerprint density at radius 1 is 1.46 bits per heavy atom. The van der Waals surface area contributed by atoms with Crippen LogP contribution in [-0.4, -0.2) is 6.54 Å². The van der Waals surface area contributed by atoms with E-state index < -0.39 is 0 Å². The summed E-state index contributed by atoms with van der Waals surface area (Å²) in [6, 6.07) is 6.25. The molecule has 0 radical (unpaired) electrons. The van der Waals surface area contributed by atoms with Gasteiger partial charge in [-0.3, -0.25) is 0 Å². The molecule has 0 heterocycles. The van der Waals surface area contributed by atoms with Crippen LogP contribution in [0.1, 0.15) is 24.0 Å². The van der Waals surface area contributed by atoms with Gasteiger partial charge in [0, 0.05) is 17.0 Å². The van der Waals surface area contributed by atoms with Crippen LogP contribution in [0.3, 0.4) is 0 Å². The van der Waals surface area contributed by atoms with Gasteiger partial charge in [0.1, 0.15) is 0 Å². The molecule has 1 aliphatic rings. The molecule has 0 aromatic heterocycles. The number of rotatable bonds is 2. The highest BCUT2D eigenvalue weighted by atomic mass is 35.5. The summed E-state index contributed by atoms with van der Waals surface area (Å²) < 4.78 is 0. The molecule has 70 valence electrons. The highest BCUT2D eigenvalue weighted by Gasteiger charge is 2.43. The fraction of sp³-hybridized carbons (Fsp3) is 0.455. The van der Waals surface area contributed by atoms with Crippen LogP contribution in [0.15, 0.2) is 18.2 Å². The predicted octanol–water partition coefficient (Wildman–Crippen LogP) is 2.64. The summed E-state index contributed by atoms with van der Waals surface area (Å²) in [6.45, 7) is 2.77. The summed E-state index contributed by atoms with van der Waals surface area (Å²) in [7, 11) is 0. The molecule has 1 aliphatic carbocycles. The van der Waals surface area contributed by atoms with Crippen LogP contribution in [0.2, 0.25) is 5.02 Å². The smallest absolute Gasteiger partial charge is 0.0446 e. The minimum absolute atomic E-state index is 0.213. The number of aryl methyl sites for hydroxylation is 1. The van der Waals surface area contributed by atoms with Gasteiger partial charge >= 0.3 is 0 Å². The van der Waals surface area contributed by atoms with Gasteiger partial charge in [0.25, 0.3) is 0 Å². The van der Waals surface area contributed by atoms with Gasteiger partial charge < -0.3 is 5.73 Å². The minimum Gasteiger partial charge on any atom is -0.330 e. The third kappa shape index (κ3) is 1.47. The maximum atomic E-state index is 6.18. The Morgan fingerprint density at radius 2 is 2.15 bits per heavy atom. The second kappa shape index (κ2) is 3.00. The summed E-state index contributed by atoms with van der Waals surface area (Å²) in [5.74, 6) is 0. The van der Waals surface area contributed by atoms with Crippen molar-refractivity contribution in [3.05, 3.63) is 34.3 Å². The number of nitrogens with two attached hydrogens (primary N) is 1. The van der Waals surface area contributed by atoms with Gasteiger partial charge in [-0.2, -0.15) is 0 Å². The van der Waals surface area contributed by atoms with Gasteiger partial charge in [-0.25, -0.2) is 0 Å². The van der Waals surface area contributed by atoms with Crippen molar-refractivity contribution in [2.24, 2.45) is 5.73 Å². The normalized spacial score (nSPS) is 18.7. The van der Waals surface area contributed by atoms with Gasteiger partial charge in [0.2, 0.25) is 0 Å². The molecule has 2 heteroatoms. The van der Waals surface area contributed by atoms with E-state index in [2.05, 4.69) is 19.1 Å². The lowest BCUT2D eigenvalue weighted by Crippen LogP contribution is -2.20. The van der Waals surface area contributed by atoms with E-state index in [-0.39, 0.29) is 5.41 Å². The molecule has 0 atom stereocenters. The Balaban J connectivity index is 2.41. The molecule has 2 N–H and O–H groups in total. The second-order valence-corrected chi connectivity index (χ2v) is 4.37. The first-order valence-electron chi connectivity index (χ1n) is 4.65. The SMILES string of the molecule is Cc1ccc(C2(CN)CC2)c(Cl)c1. The van der Waals surface area contributed by atoms with Crippen LogP contribution in [0, 0.1) is 6.92 Å². The highest BCUT2D eigenvalue weighted by Crippen LogP contribution is 2.49. The van der Waals surface area contributed by atoms with Crippen LogP contribution >= 0.6 is 11.6 Å². The monoisotopic (exact) mass is 195 g/mol. The van der Waals surface area contributed by atoms with Gasteiger partial charge in [-0.05, 0) is 37.0 Å². The zero-order chi connectivity index (χ0) is 9.47. The topological polar surface area (TPSA) is 26.0 Å². The molecule has 1 fully saturated rings. The molecular formula is C11H14ClN. The molecule has 0 saturated heterocycles. The standard InChI is InChI=1S/C11H14ClN/c1-8-2-3-9(10(12)6-8)11(7-13)4-5-11/h2-3,6H,4-5,7,13H2,1H3. The molecule has 0 amide bonds. The van der Waals surface area contributed by atoms with Crippen molar-refractivity contribution in [3.63, 3.8) is 0 Å². The Morgan fingerprint density at radius 3 is 2.62 bits per heavy atom. The van der Waals surface area contributed by atoms with Crippen LogP contribution in [-0.2, 0) is 5.41 Å². The maximum Gasteiger partial charge on any atom is 0.0446 e. The molecule has 0 aliphatic heterocycles. The number of benzene rings is 1. The van der Waals surface area contributed by atoms with Gasteiger partial charge in [-0.15, -0.1) is 0 Å². The van der Waals surface area contributed by atoms with Gasteiger partial charge in [0.15, 0.2) is 0 Å². The first-order valence-corrected chi connectivity index (χ1v) is 5.02. The average Bonchev–Trinajstić information content (AvgIpc) is 2.85. The van der Waals surface area contributed by atoms with Crippen LogP contribution < -0.4 is 5.73 Å². The Bertz CT molecular complexity index is 329. The first kappa shape index (κ1) is 9.04. The third-order valence-corrected chi connectivity index (χ3v) is 3.25. The van der Waals surface area contributed by atoms with Gasteiger partial charge in [0.05, 0.1) is 0 Å². The quantitative estimate of drug-likeness (QED) is 0.772. The van der Waals surface area contributed by atoms with Gasteiger partial charge in [-0.1, -0.05) is 23.7 Å². The van der Waals surface area contributed by atoms with Crippen LogP contribution in [0.5, 0.6) is 0 Å². The van der Waals surface area contributed by atoms with Crippen molar-refractivity contribution in [1.29, 1.82) is 0 Å². The van der Waals surface area contributed by atoms with E-state index in [4.69, 9.17) is 17.3 Å². The van der Waals surface area contributed by atoms with Crippen LogP contribution in [0.4, 0.5) is 0 Å². The molecule has 1 aromatic carbocycles. The molecule has 1 aromatic rings. The first-order chi connectivity index (χ1) is 6.18. The van der Waals surface area contributed by atoms with E-state index in [0.29, 0.717) is 0 Å². The number of hydrogen-bond acceptors (Lipinski definition) is 1. The van der Waals surface area contributed by atoms with E-state index in [9.17, 15) is 0 Å². The number of hydrogen-bond donors (Lipinski definition) is 1. The number of halogens is 1. The molecule has 0 spiro atoms. The Labute approximate surface area is 83.9 Å². The van der Waals surface area contributed by atoms with E-state index >= 15 is 0 Å². The van der Waals surface area contributed by atoms with E-state index in [0.717, 1.165) is 11.6 Å². The Kier molecular flexibility index (Phi) is 2.09. The molecule has 0 bridgehead atoms. The van der Waals surface area contributed by atoms with Crippen molar-refractivity contribution in [3.8, 4) is 0 Å². The third-order valence-electron chi connectivity index (χ3n) is 2.94. The van der Waals surface area contributed by atoms with Crippen molar-refractivity contribution < 1.29 is 0 Å². The molecule has 2 rings (SSSR count). The lowest BCUT2D eigenvalue weighted by molar-refractivity contribution is 0.705. The molecule has 0 unspecified atom stereocenters. The lowest BCUT2D eigenvalue weighted by Gasteiger charge is -2.14. The Hall–Kier alpha value is -0.530. The summed E-state index contributed by atoms with van der Waals surface area (Å²) in [5, 5.41) is 0.878.